The van der Waals surface area contributed by atoms with Crippen molar-refractivity contribution < 1.29 is 4.79 Å². The van der Waals surface area contributed by atoms with Crippen molar-refractivity contribution in [3.8, 4) is 11.3 Å². The first kappa shape index (κ1) is 19.4. The quantitative estimate of drug-likeness (QED) is 0.322. The number of aromatic nitrogens is 2. The van der Waals surface area contributed by atoms with Crippen molar-refractivity contribution in [3.63, 3.8) is 0 Å². The maximum atomic E-state index is 12.7. The maximum Gasteiger partial charge on any atom is 0.266 e. The molecular formula is C23H19N3OS2. The Morgan fingerprint density at radius 2 is 1.76 bits per heavy atom. The fourth-order valence-electron chi connectivity index (χ4n) is 3.14. The van der Waals surface area contributed by atoms with Crippen LogP contribution in [0.2, 0.25) is 0 Å². The molecule has 1 aliphatic heterocycles. The number of benzene rings is 2. The van der Waals surface area contributed by atoms with E-state index in [1.54, 1.807) is 11.0 Å². The first-order valence-corrected chi connectivity index (χ1v) is 10.4. The first-order valence-electron chi connectivity index (χ1n) is 9.19. The van der Waals surface area contributed by atoms with Crippen LogP contribution in [0.1, 0.15) is 11.1 Å². The summed E-state index contributed by atoms with van der Waals surface area (Å²) in [4.78, 5) is 14.9. The second kappa shape index (κ2) is 8.59. The normalized spacial score (nSPS) is 15.3. The Bertz CT molecular complexity index is 1090. The van der Waals surface area contributed by atoms with Crippen LogP contribution in [0.4, 0.5) is 0 Å². The van der Waals surface area contributed by atoms with Crippen molar-refractivity contribution in [1.82, 2.24) is 14.7 Å². The van der Waals surface area contributed by atoms with Crippen molar-refractivity contribution >= 4 is 40.3 Å². The Balaban J connectivity index is 1.73. The summed E-state index contributed by atoms with van der Waals surface area (Å²) in [5.74, 6) is -0.0882. The van der Waals surface area contributed by atoms with Gasteiger partial charge in [0.05, 0.1) is 17.1 Å². The molecule has 144 valence electrons. The highest BCUT2D eigenvalue weighted by atomic mass is 32.2. The minimum atomic E-state index is -0.0882. The van der Waals surface area contributed by atoms with E-state index in [1.807, 2.05) is 65.5 Å². The van der Waals surface area contributed by atoms with E-state index in [1.165, 1.54) is 17.3 Å². The van der Waals surface area contributed by atoms with Gasteiger partial charge in [-0.05, 0) is 11.6 Å². The van der Waals surface area contributed by atoms with E-state index in [9.17, 15) is 4.79 Å². The summed E-state index contributed by atoms with van der Waals surface area (Å²) in [6.07, 6.45) is 5.55. The summed E-state index contributed by atoms with van der Waals surface area (Å²) < 4.78 is 2.47. The van der Waals surface area contributed by atoms with Crippen LogP contribution in [0.15, 0.2) is 84.4 Å². The number of rotatable bonds is 6. The van der Waals surface area contributed by atoms with E-state index in [-0.39, 0.29) is 5.91 Å². The van der Waals surface area contributed by atoms with Gasteiger partial charge in [-0.2, -0.15) is 5.10 Å². The highest BCUT2D eigenvalue weighted by Gasteiger charge is 2.31. The molecule has 0 aliphatic carbocycles. The highest BCUT2D eigenvalue weighted by molar-refractivity contribution is 8.26. The Morgan fingerprint density at radius 1 is 1.07 bits per heavy atom. The number of hydrogen-bond donors (Lipinski definition) is 0. The summed E-state index contributed by atoms with van der Waals surface area (Å²) in [6, 6.07) is 20.2. The highest BCUT2D eigenvalue weighted by Crippen LogP contribution is 2.34. The van der Waals surface area contributed by atoms with E-state index in [0.717, 1.165) is 16.8 Å². The van der Waals surface area contributed by atoms with Gasteiger partial charge in [0.25, 0.3) is 5.91 Å². The van der Waals surface area contributed by atoms with Crippen molar-refractivity contribution in [2.24, 2.45) is 0 Å². The number of carbonyl (C=O) groups is 1. The number of amides is 1. The molecule has 0 spiro atoms. The third kappa shape index (κ3) is 4.23. The molecule has 4 rings (SSSR count). The summed E-state index contributed by atoms with van der Waals surface area (Å²) >= 11 is 6.67. The van der Waals surface area contributed by atoms with Crippen LogP contribution in [-0.2, 0) is 11.3 Å². The van der Waals surface area contributed by atoms with Crippen LogP contribution in [0.5, 0.6) is 0 Å². The van der Waals surface area contributed by atoms with Crippen LogP contribution >= 0.6 is 24.0 Å². The lowest BCUT2D eigenvalue weighted by Gasteiger charge is -2.10. The Kier molecular flexibility index (Phi) is 5.74. The maximum absolute atomic E-state index is 12.7. The number of thioether (sulfide) groups is 1. The van der Waals surface area contributed by atoms with E-state index in [4.69, 9.17) is 17.3 Å². The molecule has 1 fully saturated rings. The van der Waals surface area contributed by atoms with Gasteiger partial charge < -0.3 is 0 Å². The number of carbonyl (C=O) groups excluding carboxylic acids is 1. The largest absolute Gasteiger partial charge is 0.289 e. The van der Waals surface area contributed by atoms with Gasteiger partial charge in [-0.1, -0.05) is 90.7 Å². The molecule has 0 radical (unpaired) electrons. The van der Waals surface area contributed by atoms with Crippen molar-refractivity contribution in [2.45, 2.75) is 6.54 Å². The lowest BCUT2D eigenvalue weighted by Crippen LogP contribution is -2.27. The third-order valence-electron chi connectivity index (χ3n) is 4.50. The zero-order valence-electron chi connectivity index (χ0n) is 15.7. The van der Waals surface area contributed by atoms with Crippen molar-refractivity contribution in [2.75, 3.05) is 6.54 Å². The zero-order valence-corrected chi connectivity index (χ0v) is 17.3. The van der Waals surface area contributed by atoms with Crippen LogP contribution in [0.3, 0.4) is 0 Å². The lowest BCUT2D eigenvalue weighted by molar-refractivity contribution is -0.121. The van der Waals surface area contributed by atoms with Gasteiger partial charge in [-0.15, -0.1) is 6.58 Å². The Morgan fingerprint density at radius 3 is 2.45 bits per heavy atom. The van der Waals surface area contributed by atoms with Crippen LogP contribution in [0.25, 0.3) is 17.3 Å². The molecule has 0 bridgehead atoms. The Hall–Kier alpha value is -2.96. The molecule has 3 aromatic rings. The number of thiocarbonyl (C=S) groups is 1. The monoisotopic (exact) mass is 417 g/mol. The fraction of sp³-hybridized carbons (Fsp3) is 0.0870. The van der Waals surface area contributed by atoms with Gasteiger partial charge in [0.1, 0.15) is 4.32 Å². The van der Waals surface area contributed by atoms with E-state index in [2.05, 4.69) is 18.7 Å². The summed E-state index contributed by atoms with van der Waals surface area (Å²) in [5.41, 5.74) is 3.91. The van der Waals surface area contributed by atoms with Crippen LogP contribution in [0, 0.1) is 0 Å². The fourth-order valence-corrected chi connectivity index (χ4v) is 4.41. The second-order valence-electron chi connectivity index (χ2n) is 6.56. The minimum absolute atomic E-state index is 0.0882. The molecule has 2 aromatic carbocycles. The molecule has 0 saturated carbocycles. The molecular weight excluding hydrogens is 398 g/mol. The molecule has 1 aromatic heterocycles. The van der Waals surface area contributed by atoms with Crippen LogP contribution in [-0.4, -0.2) is 31.5 Å². The third-order valence-corrected chi connectivity index (χ3v) is 5.87. The number of hydrogen-bond acceptors (Lipinski definition) is 4. The van der Waals surface area contributed by atoms with Crippen molar-refractivity contribution in [1.29, 1.82) is 0 Å². The molecule has 1 amide bonds. The first-order chi connectivity index (χ1) is 14.2. The molecule has 29 heavy (non-hydrogen) atoms. The van der Waals surface area contributed by atoms with Crippen molar-refractivity contribution in [3.05, 3.63) is 95.5 Å². The lowest BCUT2D eigenvalue weighted by atomic mass is 10.1. The average molecular weight is 418 g/mol. The molecule has 4 nitrogen and oxygen atoms in total. The minimum Gasteiger partial charge on any atom is -0.289 e. The zero-order chi connectivity index (χ0) is 20.2. The summed E-state index contributed by atoms with van der Waals surface area (Å²) in [7, 11) is 0. The molecule has 1 saturated heterocycles. The smallest absolute Gasteiger partial charge is 0.266 e. The van der Waals surface area contributed by atoms with E-state index >= 15 is 0 Å². The van der Waals surface area contributed by atoms with Crippen LogP contribution < -0.4 is 0 Å². The molecule has 2 heterocycles. The SMILES string of the molecule is C=CCN1C(=O)/C(=C/c2cn(Cc3ccccc3)nc2-c2ccccc2)SC1=S. The van der Waals surface area contributed by atoms with Gasteiger partial charge >= 0.3 is 0 Å². The van der Waals surface area contributed by atoms with E-state index < -0.39 is 0 Å². The Labute approximate surface area is 179 Å². The molecule has 0 N–H and O–H groups in total. The predicted octanol–water partition coefficient (Wildman–Crippen LogP) is 4.99. The molecule has 1 aliphatic rings. The topological polar surface area (TPSA) is 38.1 Å². The number of nitrogens with zero attached hydrogens (tertiary/aromatic N) is 3. The summed E-state index contributed by atoms with van der Waals surface area (Å²) in [5, 5.41) is 4.81. The second-order valence-corrected chi connectivity index (χ2v) is 8.24. The van der Waals surface area contributed by atoms with Gasteiger partial charge in [-0.3, -0.25) is 14.4 Å². The molecule has 0 unspecified atom stereocenters. The van der Waals surface area contributed by atoms with Gasteiger partial charge in [-0.25, -0.2) is 0 Å². The van der Waals surface area contributed by atoms with Gasteiger partial charge in [0.2, 0.25) is 0 Å². The van der Waals surface area contributed by atoms with Gasteiger partial charge in [0, 0.05) is 23.9 Å². The van der Waals surface area contributed by atoms with E-state index in [0.29, 0.717) is 22.3 Å². The molecule has 0 atom stereocenters. The predicted molar refractivity (Wildman–Crippen MR) is 123 cm³/mol. The summed E-state index contributed by atoms with van der Waals surface area (Å²) in [6.45, 7) is 4.78. The molecule has 6 heteroatoms. The van der Waals surface area contributed by atoms with Gasteiger partial charge in [0.15, 0.2) is 0 Å². The average Bonchev–Trinajstić information content (AvgIpc) is 3.25. The standard InChI is InChI=1S/C23H19N3OS2/c1-2-13-26-22(27)20(29-23(26)28)14-19-16-25(15-17-9-5-3-6-10-17)24-21(19)18-11-7-4-8-12-18/h2-12,14,16H,1,13,15H2/b20-14-.